The fourth-order valence-electron chi connectivity index (χ4n) is 2.40. The Morgan fingerprint density at radius 1 is 1.35 bits per heavy atom. The van der Waals surface area contributed by atoms with Crippen LogP contribution in [0.3, 0.4) is 0 Å². The van der Waals surface area contributed by atoms with E-state index < -0.39 is 5.60 Å². The van der Waals surface area contributed by atoms with E-state index in [9.17, 15) is 0 Å². The third kappa shape index (κ3) is 2.57. The molecule has 6 nitrogen and oxygen atoms in total. The summed E-state index contributed by atoms with van der Waals surface area (Å²) in [6.45, 7) is 1.29. The van der Waals surface area contributed by atoms with E-state index in [0.717, 1.165) is 18.4 Å². The zero-order chi connectivity index (χ0) is 13.8. The maximum Gasteiger partial charge on any atom is 0.259 e. The minimum absolute atomic E-state index is 0.502. The van der Waals surface area contributed by atoms with Gasteiger partial charge in [-0.15, -0.1) is 0 Å². The summed E-state index contributed by atoms with van der Waals surface area (Å²) in [5.41, 5.74) is 0.552. The fourth-order valence-corrected chi connectivity index (χ4v) is 2.40. The average molecular weight is 275 g/mol. The Morgan fingerprint density at radius 3 is 2.90 bits per heavy atom. The van der Waals surface area contributed by atoms with E-state index in [1.165, 1.54) is 0 Å². The molecule has 0 spiro atoms. The molecule has 0 radical (unpaired) electrons. The van der Waals surface area contributed by atoms with E-state index in [4.69, 9.17) is 14.0 Å². The lowest BCUT2D eigenvalue weighted by atomic mass is 9.94. The molecule has 1 aliphatic rings. The van der Waals surface area contributed by atoms with Gasteiger partial charge in [0.2, 0.25) is 0 Å². The van der Waals surface area contributed by atoms with Gasteiger partial charge in [0.15, 0.2) is 11.4 Å². The van der Waals surface area contributed by atoms with Crippen LogP contribution in [0.4, 0.5) is 0 Å². The third-order valence-electron chi connectivity index (χ3n) is 3.63. The lowest BCUT2D eigenvalue weighted by Crippen LogP contribution is -2.36. The van der Waals surface area contributed by atoms with E-state index >= 15 is 0 Å². The van der Waals surface area contributed by atoms with Crippen LogP contribution in [-0.2, 0) is 21.5 Å². The number of methoxy groups -OCH3 is 1. The molecule has 0 aliphatic carbocycles. The summed E-state index contributed by atoms with van der Waals surface area (Å²) in [5.74, 6) is 1.19. The van der Waals surface area contributed by atoms with E-state index in [0.29, 0.717) is 31.3 Å². The molecule has 0 saturated carbocycles. The van der Waals surface area contributed by atoms with Crippen molar-refractivity contribution < 1.29 is 14.0 Å². The molecule has 6 heteroatoms. The van der Waals surface area contributed by atoms with E-state index in [-0.39, 0.29) is 0 Å². The quantitative estimate of drug-likeness (QED) is 0.846. The van der Waals surface area contributed by atoms with Crippen molar-refractivity contribution in [1.29, 1.82) is 0 Å². The van der Waals surface area contributed by atoms with Crippen molar-refractivity contribution in [3.63, 3.8) is 0 Å². The van der Waals surface area contributed by atoms with Crippen LogP contribution in [-0.4, -0.2) is 35.4 Å². The maximum absolute atomic E-state index is 5.64. The van der Waals surface area contributed by atoms with Gasteiger partial charge in [-0.3, -0.25) is 4.98 Å². The minimum Gasteiger partial charge on any atom is -0.381 e. The first-order valence-electron chi connectivity index (χ1n) is 6.67. The summed E-state index contributed by atoms with van der Waals surface area (Å²) in [6, 6.07) is 3.88. The lowest BCUT2D eigenvalue weighted by molar-refractivity contribution is -0.111. The number of pyridine rings is 1. The molecule has 0 aromatic carbocycles. The second-order valence-electron chi connectivity index (χ2n) is 4.86. The van der Waals surface area contributed by atoms with Crippen LogP contribution in [0.2, 0.25) is 0 Å². The summed E-state index contributed by atoms with van der Waals surface area (Å²) >= 11 is 0. The van der Waals surface area contributed by atoms with Crippen molar-refractivity contribution in [2.45, 2.75) is 24.9 Å². The Balaban J connectivity index is 1.79. The minimum atomic E-state index is -0.502. The SMILES string of the molecule is COC1(c2nc(Cc3cccnc3)no2)CCOCC1. The first-order chi connectivity index (χ1) is 9.82. The monoisotopic (exact) mass is 275 g/mol. The van der Waals surface area contributed by atoms with Gasteiger partial charge in [-0.05, 0) is 11.6 Å². The third-order valence-corrected chi connectivity index (χ3v) is 3.63. The van der Waals surface area contributed by atoms with Crippen molar-refractivity contribution in [1.82, 2.24) is 15.1 Å². The van der Waals surface area contributed by atoms with E-state index in [2.05, 4.69) is 15.1 Å². The summed E-state index contributed by atoms with van der Waals surface area (Å²) in [5, 5.41) is 4.04. The molecule has 1 saturated heterocycles. The first-order valence-corrected chi connectivity index (χ1v) is 6.67. The molecule has 20 heavy (non-hydrogen) atoms. The Labute approximate surface area is 117 Å². The van der Waals surface area contributed by atoms with Crippen molar-refractivity contribution in [3.8, 4) is 0 Å². The van der Waals surface area contributed by atoms with Crippen molar-refractivity contribution in [2.24, 2.45) is 0 Å². The summed E-state index contributed by atoms with van der Waals surface area (Å²) in [4.78, 5) is 8.57. The molecule has 3 rings (SSSR count). The van der Waals surface area contributed by atoms with Gasteiger partial charge in [0, 0.05) is 52.0 Å². The van der Waals surface area contributed by atoms with Crippen molar-refractivity contribution in [2.75, 3.05) is 20.3 Å². The van der Waals surface area contributed by atoms with Crippen LogP contribution in [0.1, 0.15) is 30.1 Å². The van der Waals surface area contributed by atoms with Crippen LogP contribution in [0.5, 0.6) is 0 Å². The van der Waals surface area contributed by atoms with Gasteiger partial charge in [-0.25, -0.2) is 0 Å². The van der Waals surface area contributed by atoms with Gasteiger partial charge in [-0.1, -0.05) is 11.2 Å². The maximum atomic E-state index is 5.64. The highest BCUT2D eigenvalue weighted by atomic mass is 16.5. The van der Waals surface area contributed by atoms with Gasteiger partial charge < -0.3 is 14.0 Å². The number of rotatable bonds is 4. The highest BCUT2D eigenvalue weighted by Crippen LogP contribution is 2.34. The molecule has 106 valence electrons. The normalized spacial score (nSPS) is 18.1. The smallest absolute Gasteiger partial charge is 0.259 e. The molecule has 0 N–H and O–H groups in total. The number of hydrogen-bond acceptors (Lipinski definition) is 6. The number of ether oxygens (including phenoxy) is 2. The summed E-state index contributed by atoms with van der Waals surface area (Å²) < 4.78 is 16.4. The predicted octanol–water partition coefficient (Wildman–Crippen LogP) is 1.71. The fraction of sp³-hybridized carbons (Fsp3) is 0.500. The summed E-state index contributed by atoms with van der Waals surface area (Å²) in [7, 11) is 1.68. The van der Waals surface area contributed by atoms with Gasteiger partial charge in [0.25, 0.3) is 5.89 Å². The van der Waals surface area contributed by atoms with Crippen LogP contribution in [0, 0.1) is 0 Å². The lowest BCUT2D eigenvalue weighted by Gasteiger charge is -2.32. The Morgan fingerprint density at radius 2 is 2.20 bits per heavy atom. The highest BCUT2D eigenvalue weighted by Gasteiger charge is 2.40. The molecule has 0 unspecified atom stereocenters. The Bertz CT molecular complexity index is 550. The molecular formula is C14H17N3O3. The molecule has 2 aromatic heterocycles. The molecule has 3 heterocycles. The number of hydrogen-bond donors (Lipinski definition) is 0. The highest BCUT2D eigenvalue weighted by molar-refractivity contribution is 5.14. The second-order valence-corrected chi connectivity index (χ2v) is 4.86. The molecule has 0 bridgehead atoms. The van der Waals surface area contributed by atoms with Gasteiger partial charge >= 0.3 is 0 Å². The van der Waals surface area contributed by atoms with Crippen molar-refractivity contribution in [3.05, 3.63) is 41.8 Å². The molecule has 0 amide bonds. The van der Waals surface area contributed by atoms with Crippen LogP contribution >= 0.6 is 0 Å². The number of aromatic nitrogens is 3. The molecular weight excluding hydrogens is 258 g/mol. The van der Waals surface area contributed by atoms with E-state index in [1.54, 1.807) is 19.5 Å². The van der Waals surface area contributed by atoms with Crippen LogP contribution in [0.15, 0.2) is 29.0 Å². The molecule has 1 fully saturated rings. The largest absolute Gasteiger partial charge is 0.381 e. The Hall–Kier alpha value is -1.79. The molecule has 2 aromatic rings. The summed E-state index contributed by atoms with van der Waals surface area (Å²) in [6.07, 6.45) is 5.62. The first kappa shape index (κ1) is 13.2. The van der Waals surface area contributed by atoms with Crippen LogP contribution in [0.25, 0.3) is 0 Å². The average Bonchev–Trinajstić information content (AvgIpc) is 2.98. The van der Waals surface area contributed by atoms with Crippen molar-refractivity contribution >= 4 is 0 Å². The predicted molar refractivity (Wildman–Crippen MR) is 70.1 cm³/mol. The zero-order valence-corrected chi connectivity index (χ0v) is 11.4. The van der Waals surface area contributed by atoms with Gasteiger partial charge in [0.1, 0.15) is 0 Å². The molecule has 0 atom stereocenters. The standard InChI is InChI=1S/C14H17N3O3/c1-18-14(4-7-19-8-5-14)13-16-12(17-20-13)9-11-3-2-6-15-10-11/h2-3,6,10H,4-5,7-9H2,1H3. The molecule has 1 aliphatic heterocycles. The number of nitrogens with zero attached hydrogens (tertiary/aromatic N) is 3. The topological polar surface area (TPSA) is 70.3 Å². The zero-order valence-electron chi connectivity index (χ0n) is 11.4. The van der Waals surface area contributed by atoms with E-state index in [1.807, 2.05) is 12.1 Å². The second kappa shape index (κ2) is 5.68. The van der Waals surface area contributed by atoms with Gasteiger partial charge in [0.05, 0.1) is 0 Å². The Kier molecular flexibility index (Phi) is 3.75. The van der Waals surface area contributed by atoms with Gasteiger partial charge in [-0.2, -0.15) is 4.98 Å². The van der Waals surface area contributed by atoms with Crippen LogP contribution < -0.4 is 0 Å².